The number of furan rings is 1. The number of ether oxygens (including phenoxy) is 1. The predicted octanol–water partition coefficient (Wildman–Crippen LogP) is 5.09. The van der Waals surface area contributed by atoms with Crippen molar-refractivity contribution < 1.29 is 18.4 Å². The Kier molecular flexibility index (Phi) is 6.75. The van der Waals surface area contributed by atoms with Crippen LogP contribution in [0.25, 0.3) is 11.7 Å². The maximum absolute atomic E-state index is 12.8. The van der Waals surface area contributed by atoms with E-state index < -0.39 is 0 Å². The van der Waals surface area contributed by atoms with Gasteiger partial charge in [-0.15, -0.1) is 0 Å². The second-order valence-electron chi connectivity index (χ2n) is 7.40. The molecule has 6 nitrogen and oxygen atoms in total. The third-order valence-corrected chi connectivity index (χ3v) is 4.59. The summed E-state index contributed by atoms with van der Waals surface area (Å²) in [6.07, 6.45) is 2.51. The van der Waals surface area contributed by atoms with Crippen LogP contribution in [0.4, 0.5) is 0 Å². The second kappa shape index (κ2) is 9.45. The molecule has 0 radical (unpaired) electrons. The molecule has 0 saturated heterocycles. The van der Waals surface area contributed by atoms with Gasteiger partial charge in [0.2, 0.25) is 5.91 Å². The highest BCUT2D eigenvalue weighted by molar-refractivity contribution is 5.79. The van der Waals surface area contributed by atoms with Gasteiger partial charge in [0.1, 0.15) is 11.5 Å². The van der Waals surface area contributed by atoms with E-state index in [9.17, 15) is 4.79 Å². The molecule has 1 N–H and O–H groups in total. The van der Waals surface area contributed by atoms with Gasteiger partial charge in [0.25, 0.3) is 5.89 Å². The van der Waals surface area contributed by atoms with Crippen LogP contribution < -0.4 is 10.1 Å². The van der Waals surface area contributed by atoms with Crippen molar-refractivity contribution in [2.24, 2.45) is 5.92 Å². The molecule has 0 aliphatic carbocycles. The van der Waals surface area contributed by atoms with E-state index in [1.807, 2.05) is 31.2 Å². The van der Waals surface area contributed by atoms with Gasteiger partial charge in [-0.05, 0) is 44.4 Å². The Labute approximate surface area is 171 Å². The lowest BCUT2D eigenvalue weighted by Gasteiger charge is -2.23. The molecule has 3 rings (SSSR count). The van der Waals surface area contributed by atoms with E-state index in [1.165, 1.54) is 0 Å². The third kappa shape index (κ3) is 5.28. The van der Waals surface area contributed by atoms with Gasteiger partial charge in [0.05, 0.1) is 31.0 Å². The number of para-hydroxylation sites is 1. The average molecular weight is 396 g/mol. The summed E-state index contributed by atoms with van der Waals surface area (Å²) in [5.74, 6) is 2.65. The molecule has 6 heteroatoms. The topological polar surface area (TPSA) is 77.5 Å². The number of benzene rings is 1. The molecule has 1 amide bonds. The number of rotatable bonds is 9. The predicted molar refractivity (Wildman–Crippen MR) is 111 cm³/mol. The number of oxazole rings is 1. The normalized spacial score (nSPS) is 12.2. The van der Waals surface area contributed by atoms with Gasteiger partial charge >= 0.3 is 0 Å². The maximum Gasteiger partial charge on any atom is 0.263 e. The quantitative estimate of drug-likeness (QED) is 0.545. The molecule has 2 aromatic heterocycles. The van der Waals surface area contributed by atoms with Crippen molar-refractivity contribution in [3.8, 4) is 17.4 Å². The summed E-state index contributed by atoms with van der Waals surface area (Å²) in [4.78, 5) is 17.3. The van der Waals surface area contributed by atoms with Gasteiger partial charge in [-0.2, -0.15) is 0 Å². The molecule has 0 aliphatic rings. The molecule has 0 saturated carbocycles. The van der Waals surface area contributed by atoms with Gasteiger partial charge in [-0.25, -0.2) is 4.98 Å². The van der Waals surface area contributed by atoms with Crippen LogP contribution in [0.1, 0.15) is 50.3 Å². The van der Waals surface area contributed by atoms with Crippen molar-refractivity contribution in [1.82, 2.24) is 10.3 Å². The van der Waals surface area contributed by atoms with E-state index in [0.717, 1.165) is 17.7 Å². The minimum absolute atomic E-state index is 0.107. The summed E-state index contributed by atoms with van der Waals surface area (Å²) in [5.41, 5.74) is 1.60. The number of amides is 1. The first-order valence-electron chi connectivity index (χ1n) is 9.99. The van der Waals surface area contributed by atoms with Crippen LogP contribution in [0.2, 0.25) is 0 Å². The van der Waals surface area contributed by atoms with Crippen LogP contribution in [0.3, 0.4) is 0 Å². The number of carbonyl (C=O) groups is 1. The average Bonchev–Trinajstić information content (AvgIpc) is 3.32. The zero-order valence-corrected chi connectivity index (χ0v) is 17.4. The Balaban J connectivity index is 1.76. The summed E-state index contributed by atoms with van der Waals surface area (Å²) < 4.78 is 16.8. The van der Waals surface area contributed by atoms with Crippen LogP contribution in [-0.2, 0) is 11.2 Å². The van der Waals surface area contributed by atoms with E-state index in [1.54, 1.807) is 25.3 Å². The van der Waals surface area contributed by atoms with Crippen molar-refractivity contribution in [1.29, 1.82) is 0 Å². The molecule has 0 aliphatic heterocycles. The zero-order chi connectivity index (χ0) is 20.8. The molecule has 0 bridgehead atoms. The first kappa shape index (κ1) is 20.7. The largest absolute Gasteiger partial charge is 0.494 e. The lowest BCUT2D eigenvalue weighted by Crippen LogP contribution is -2.31. The number of aromatic nitrogens is 1. The molecule has 2 heterocycles. The van der Waals surface area contributed by atoms with E-state index in [2.05, 4.69) is 24.1 Å². The first-order chi connectivity index (χ1) is 14.0. The Morgan fingerprint density at radius 2 is 2.00 bits per heavy atom. The fourth-order valence-corrected chi connectivity index (χ4v) is 3.29. The highest BCUT2D eigenvalue weighted by atomic mass is 16.5. The van der Waals surface area contributed by atoms with Gasteiger partial charge in [0, 0.05) is 5.56 Å². The fourth-order valence-electron chi connectivity index (χ4n) is 3.29. The van der Waals surface area contributed by atoms with Crippen molar-refractivity contribution in [3.63, 3.8) is 0 Å². The SMILES string of the molecule is CCOc1ccccc1C(CC(C)C)NC(=O)Cc1nc(-c2ccco2)oc1C. The first-order valence-corrected chi connectivity index (χ1v) is 9.99. The number of aryl methyl sites for hydroxylation is 1. The lowest BCUT2D eigenvalue weighted by atomic mass is 9.96. The van der Waals surface area contributed by atoms with E-state index >= 15 is 0 Å². The van der Waals surface area contributed by atoms with Crippen molar-refractivity contribution >= 4 is 5.91 Å². The molecule has 154 valence electrons. The Morgan fingerprint density at radius 1 is 1.21 bits per heavy atom. The van der Waals surface area contributed by atoms with Crippen molar-refractivity contribution in [2.75, 3.05) is 6.61 Å². The number of carbonyl (C=O) groups excluding carboxylic acids is 1. The minimum Gasteiger partial charge on any atom is -0.494 e. The molecule has 3 aromatic rings. The highest BCUT2D eigenvalue weighted by Crippen LogP contribution is 2.30. The Morgan fingerprint density at radius 3 is 2.69 bits per heavy atom. The van der Waals surface area contributed by atoms with Crippen LogP contribution >= 0.6 is 0 Å². The number of nitrogens with one attached hydrogen (secondary N) is 1. The summed E-state index contributed by atoms with van der Waals surface area (Å²) in [5, 5.41) is 3.16. The molecular weight excluding hydrogens is 368 g/mol. The van der Waals surface area contributed by atoms with Crippen LogP contribution in [0, 0.1) is 12.8 Å². The molecule has 29 heavy (non-hydrogen) atoms. The molecule has 0 fully saturated rings. The monoisotopic (exact) mass is 396 g/mol. The molecule has 1 unspecified atom stereocenters. The summed E-state index contributed by atoms with van der Waals surface area (Å²) in [6, 6.07) is 11.3. The second-order valence-corrected chi connectivity index (χ2v) is 7.40. The summed E-state index contributed by atoms with van der Waals surface area (Å²) in [7, 11) is 0. The summed E-state index contributed by atoms with van der Waals surface area (Å²) >= 11 is 0. The van der Waals surface area contributed by atoms with Crippen LogP contribution in [-0.4, -0.2) is 17.5 Å². The Bertz CT molecular complexity index is 928. The smallest absolute Gasteiger partial charge is 0.263 e. The third-order valence-electron chi connectivity index (χ3n) is 4.59. The van der Waals surface area contributed by atoms with Gasteiger partial charge in [-0.1, -0.05) is 32.0 Å². The van der Waals surface area contributed by atoms with Crippen LogP contribution in [0.5, 0.6) is 5.75 Å². The van der Waals surface area contributed by atoms with Gasteiger partial charge in [-0.3, -0.25) is 4.79 Å². The van der Waals surface area contributed by atoms with Crippen molar-refractivity contribution in [3.05, 3.63) is 59.7 Å². The van der Waals surface area contributed by atoms with Crippen molar-refractivity contribution in [2.45, 2.75) is 46.6 Å². The molecule has 1 aromatic carbocycles. The molecule has 1 atom stereocenters. The fraction of sp³-hybridized carbons (Fsp3) is 0.391. The Hall–Kier alpha value is -3.02. The summed E-state index contributed by atoms with van der Waals surface area (Å²) in [6.45, 7) is 8.61. The minimum atomic E-state index is -0.137. The van der Waals surface area contributed by atoms with Gasteiger partial charge < -0.3 is 18.9 Å². The highest BCUT2D eigenvalue weighted by Gasteiger charge is 2.22. The molecular formula is C23H28N2O4. The van der Waals surface area contributed by atoms with E-state index in [-0.39, 0.29) is 18.4 Å². The number of hydrogen-bond donors (Lipinski definition) is 1. The maximum atomic E-state index is 12.8. The molecule has 0 spiro atoms. The van der Waals surface area contributed by atoms with Gasteiger partial charge in [0.15, 0.2) is 5.76 Å². The van der Waals surface area contributed by atoms with Crippen LogP contribution in [0.15, 0.2) is 51.5 Å². The standard InChI is InChI=1S/C23H28N2O4/c1-5-27-20-10-7-6-9-17(20)19(13-15(2)3)24-22(26)14-18-16(4)29-23(25-18)21-11-8-12-28-21/h6-12,15,19H,5,13-14H2,1-4H3,(H,24,26). The number of hydrogen-bond acceptors (Lipinski definition) is 5. The number of nitrogens with zero attached hydrogens (tertiary/aromatic N) is 1. The zero-order valence-electron chi connectivity index (χ0n) is 17.4. The van der Waals surface area contributed by atoms with E-state index in [0.29, 0.717) is 35.6 Å². The lowest BCUT2D eigenvalue weighted by molar-refractivity contribution is -0.121. The van der Waals surface area contributed by atoms with E-state index in [4.69, 9.17) is 13.6 Å².